The Kier molecular flexibility index (Phi) is 4.62. The second-order valence-corrected chi connectivity index (χ2v) is 5.35. The normalized spacial score (nSPS) is 19.3. The van der Waals surface area contributed by atoms with Gasteiger partial charge in [-0.15, -0.1) is 10.2 Å². The van der Waals surface area contributed by atoms with Gasteiger partial charge in [-0.05, 0) is 19.3 Å². The molecule has 1 saturated heterocycles. The van der Waals surface area contributed by atoms with Crippen molar-refractivity contribution in [2.75, 3.05) is 38.3 Å². The molecule has 0 bridgehead atoms. The Morgan fingerprint density at radius 3 is 3.29 bits per heavy atom. The Labute approximate surface area is 124 Å². The minimum atomic E-state index is 0.450. The highest BCUT2D eigenvalue weighted by Crippen LogP contribution is 2.25. The summed E-state index contributed by atoms with van der Waals surface area (Å²) in [6.07, 6.45) is 9.06. The molecule has 2 aromatic rings. The molecular weight excluding hydrogens is 268 g/mol. The lowest BCUT2D eigenvalue weighted by Crippen LogP contribution is -2.46. The molecule has 7 heteroatoms. The topological polar surface area (TPSA) is 67.6 Å². The fourth-order valence-electron chi connectivity index (χ4n) is 2.88. The molecule has 0 radical (unpaired) electrons. The molecule has 21 heavy (non-hydrogen) atoms. The lowest BCUT2D eigenvalue weighted by Gasteiger charge is -2.36. The van der Waals surface area contributed by atoms with E-state index in [1.807, 2.05) is 16.8 Å². The van der Waals surface area contributed by atoms with E-state index >= 15 is 0 Å². The van der Waals surface area contributed by atoms with Gasteiger partial charge in [-0.3, -0.25) is 4.40 Å². The number of hydrogen-bond donors (Lipinski definition) is 1. The maximum Gasteiger partial charge on any atom is 0.203 e. The summed E-state index contributed by atoms with van der Waals surface area (Å²) in [6.45, 7) is 3.59. The minimum Gasteiger partial charge on any atom is -0.383 e. The van der Waals surface area contributed by atoms with Crippen molar-refractivity contribution in [2.24, 2.45) is 0 Å². The number of anilines is 1. The Morgan fingerprint density at radius 2 is 2.38 bits per heavy atom. The zero-order chi connectivity index (χ0) is 14.5. The van der Waals surface area contributed by atoms with Crippen LogP contribution in [0.15, 0.2) is 18.7 Å². The number of nitrogens with zero attached hydrogens (tertiary/aromatic N) is 5. The lowest BCUT2D eigenvalue weighted by molar-refractivity contribution is 0.198. The second kappa shape index (κ2) is 6.82. The summed E-state index contributed by atoms with van der Waals surface area (Å²) in [5, 5.41) is 11.6. The highest BCUT2D eigenvalue weighted by Gasteiger charge is 2.25. The molecule has 0 saturated carbocycles. The molecule has 114 valence electrons. The Balaban J connectivity index is 1.75. The zero-order valence-electron chi connectivity index (χ0n) is 12.4. The van der Waals surface area contributed by atoms with E-state index in [2.05, 4.69) is 25.4 Å². The first kappa shape index (κ1) is 14.2. The van der Waals surface area contributed by atoms with Crippen LogP contribution in [-0.2, 0) is 4.74 Å². The van der Waals surface area contributed by atoms with Crippen LogP contribution < -0.4 is 10.2 Å². The number of aromatic nitrogens is 4. The first-order chi connectivity index (χ1) is 10.4. The lowest BCUT2D eigenvalue weighted by atomic mass is 10.0. The third kappa shape index (κ3) is 3.14. The van der Waals surface area contributed by atoms with Crippen LogP contribution in [0, 0.1) is 0 Å². The summed E-state index contributed by atoms with van der Waals surface area (Å²) in [5.41, 5.74) is 0.835. The first-order valence-corrected chi connectivity index (χ1v) is 7.51. The van der Waals surface area contributed by atoms with Gasteiger partial charge in [-0.25, -0.2) is 4.98 Å². The van der Waals surface area contributed by atoms with E-state index < -0.39 is 0 Å². The predicted octanol–water partition coefficient (Wildman–Crippen LogP) is 0.719. The average molecular weight is 290 g/mol. The van der Waals surface area contributed by atoms with E-state index in [9.17, 15) is 0 Å². The van der Waals surface area contributed by atoms with Crippen LogP contribution in [0.1, 0.15) is 19.3 Å². The number of hydrogen-bond acceptors (Lipinski definition) is 6. The molecule has 0 amide bonds. The number of piperidine rings is 1. The van der Waals surface area contributed by atoms with Gasteiger partial charge in [-0.2, -0.15) is 0 Å². The monoisotopic (exact) mass is 290 g/mol. The molecule has 1 unspecified atom stereocenters. The largest absolute Gasteiger partial charge is 0.383 e. The molecule has 1 atom stereocenters. The zero-order valence-corrected chi connectivity index (χ0v) is 12.4. The van der Waals surface area contributed by atoms with E-state index in [0.29, 0.717) is 6.04 Å². The molecule has 3 rings (SSSR count). The van der Waals surface area contributed by atoms with Gasteiger partial charge in [-0.1, -0.05) is 0 Å². The number of fused-ring (bicyclic) bond motifs is 1. The fourth-order valence-corrected chi connectivity index (χ4v) is 2.88. The summed E-state index contributed by atoms with van der Waals surface area (Å²) in [6, 6.07) is 0.450. The van der Waals surface area contributed by atoms with Gasteiger partial charge in [0.1, 0.15) is 6.33 Å². The molecule has 1 fully saturated rings. The van der Waals surface area contributed by atoms with Crippen molar-refractivity contribution in [2.45, 2.75) is 25.3 Å². The van der Waals surface area contributed by atoms with Gasteiger partial charge >= 0.3 is 0 Å². The van der Waals surface area contributed by atoms with Crippen molar-refractivity contribution in [3.63, 3.8) is 0 Å². The number of methoxy groups -OCH3 is 1. The smallest absolute Gasteiger partial charge is 0.203 e. The van der Waals surface area contributed by atoms with Crippen molar-refractivity contribution < 1.29 is 4.74 Å². The average Bonchev–Trinajstić information content (AvgIpc) is 3.00. The van der Waals surface area contributed by atoms with E-state index in [1.165, 1.54) is 19.3 Å². The summed E-state index contributed by atoms with van der Waals surface area (Å²) in [7, 11) is 1.73. The number of nitrogens with one attached hydrogen (secondary N) is 1. The highest BCUT2D eigenvalue weighted by atomic mass is 16.5. The fraction of sp³-hybridized carbons (Fsp3) is 0.643. The van der Waals surface area contributed by atoms with Crippen LogP contribution in [0.4, 0.5) is 5.82 Å². The van der Waals surface area contributed by atoms with Gasteiger partial charge in [0.15, 0.2) is 5.82 Å². The summed E-state index contributed by atoms with van der Waals surface area (Å²) in [4.78, 5) is 6.92. The SMILES string of the molecule is COCCNCC1CCCCN1c1nccn2cnnc12. The molecule has 7 nitrogen and oxygen atoms in total. The van der Waals surface area contributed by atoms with Crippen molar-refractivity contribution in [3.05, 3.63) is 18.7 Å². The predicted molar refractivity (Wildman–Crippen MR) is 80.5 cm³/mol. The Bertz CT molecular complexity index is 571. The van der Waals surface area contributed by atoms with Crippen LogP contribution in [-0.4, -0.2) is 59.0 Å². The number of ether oxygens (including phenoxy) is 1. The molecule has 0 aromatic carbocycles. The van der Waals surface area contributed by atoms with Crippen LogP contribution in [0.3, 0.4) is 0 Å². The maximum absolute atomic E-state index is 5.08. The van der Waals surface area contributed by atoms with Gasteiger partial charge in [0.25, 0.3) is 0 Å². The van der Waals surface area contributed by atoms with Crippen molar-refractivity contribution >= 4 is 11.5 Å². The van der Waals surface area contributed by atoms with Crippen LogP contribution >= 0.6 is 0 Å². The van der Waals surface area contributed by atoms with Crippen molar-refractivity contribution in [1.29, 1.82) is 0 Å². The minimum absolute atomic E-state index is 0.450. The standard InChI is InChI=1S/C14H22N6O/c1-21-9-6-15-10-12-4-2-3-7-20(12)13-14-18-17-11-19(14)8-5-16-13/h5,8,11-12,15H,2-4,6-7,9-10H2,1H3. The molecule has 1 aliphatic rings. The van der Waals surface area contributed by atoms with Crippen molar-refractivity contribution in [3.8, 4) is 0 Å². The van der Waals surface area contributed by atoms with Crippen LogP contribution in [0.25, 0.3) is 5.65 Å². The maximum atomic E-state index is 5.08. The number of rotatable bonds is 6. The van der Waals surface area contributed by atoms with Gasteiger partial charge in [0, 0.05) is 45.2 Å². The molecule has 2 aromatic heterocycles. The highest BCUT2D eigenvalue weighted by molar-refractivity contribution is 5.63. The summed E-state index contributed by atoms with van der Waals surface area (Å²) in [5.74, 6) is 0.938. The van der Waals surface area contributed by atoms with E-state index in [1.54, 1.807) is 13.4 Å². The first-order valence-electron chi connectivity index (χ1n) is 7.51. The Hall–Kier alpha value is -1.73. The quantitative estimate of drug-likeness (QED) is 0.791. The van der Waals surface area contributed by atoms with Gasteiger partial charge in [0.2, 0.25) is 5.65 Å². The van der Waals surface area contributed by atoms with Gasteiger partial charge in [0.05, 0.1) is 6.61 Å². The van der Waals surface area contributed by atoms with Crippen LogP contribution in [0.5, 0.6) is 0 Å². The van der Waals surface area contributed by atoms with Crippen LogP contribution in [0.2, 0.25) is 0 Å². The molecule has 1 N–H and O–H groups in total. The third-order valence-electron chi connectivity index (χ3n) is 3.96. The van der Waals surface area contributed by atoms with E-state index in [-0.39, 0.29) is 0 Å². The summed E-state index contributed by atoms with van der Waals surface area (Å²) >= 11 is 0. The molecule has 1 aliphatic heterocycles. The molecule has 0 spiro atoms. The summed E-state index contributed by atoms with van der Waals surface area (Å²) < 4.78 is 7.00. The van der Waals surface area contributed by atoms with Gasteiger partial charge < -0.3 is 15.0 Å². The van der Waals surface area contributed by atoms with E-state index in [4.69, 9.17) is 4.74 Å². The second-order valence-electron chi connectivity index (χ2n) is 5.35. The van der Waals surface area contributed by atoms with Crippen molar-refractivity contribution in [1.82, 2.24) is 24.9 Å². The Morgan fingerprint density at radius 1 is 1.43 bits per heavy atom. The molecule has 0 aliphatic carbocycles. The third-order valence-corrected chi connectivity index (χ3v) is 3.96. The molecular formula is C14H22N6O. The van der Waals surface area contributed by atoms with E-state index in [0.717, 1.165) is 37.7 Å². The molecule has 3 heterocycles.